The number of alkyl halides is 6. The second-order valence-corrected chi connectivity index (χ2v) is 10.0. The summed E-state index contributed by atoms with van der Waals surface area (Å²) in [6.45, 7) is 1.73. The molecular formula is C25H29F6N7. The maximum atomic E-state index is 13.5. The summed E-state index contributed by atoms with van der Waals surface area (Å²) in [6, 6.07) is 5.09. The van der Waals surface area contributed by atoms with E-state index in [-0.39, 0.29) is 42.1 Å². The number of pyridine rings is 1. The third kappa shape index (κ3) is 6.25. The molecule has 1 aliphatic rings. The highest BCUT2D eigenvalue weighted by Gasteiger charge is 2.40. The topological polar surface area (TPSA) is 85.8 Å². The molecule has 0 radical (unpaired) electrons. The Hall–Kier alpha value is -3.22. The Labute approximate surface area is 216 Å². The Morgan fingerprint density at radius 2 is 1.66 bits per heavy atom. The normalized spacial score (nSPS) is 16.6. The summed E-state index contributed by atoms with van der Waals surface area (Å²) in [7, 11) is 1.52. The van der Waals surface area contributed by atoms with Gasteiger partial charge in [0.1, 0.15) is 0 Å². The average Bonchev–Trinajstić information content (AvgIpc) is 3.47. The molecule has 13 heteroatoms. The number of rotatable bonds is 8. The van der Waals surface area contributed by atoms with Crippen molar-refractivity contribution in [2.24, 2.45) is 12.8 Å². The third-order valence-electron chi connectivity index (χ3n) is 6.83. The van der Waals surface area contributed by atoms with E-state index in [0.717, 1.165) is 49.1 Å². The van der Waals surface area contributed by atoms with Gasteiger partial charge in [-0.05, 0) is 66.8 Å². The largest absolute Gasteiger partial charge is 0.416 e. The first-order chi connectivity index (χ1) is 17.8. The number of hydrogen-bond acceptors (Lipinski definition) is 6. The van der Waals surface area contributed by atoms with Gasteiger partial charge in [0.05, 0.1) is 23.9 Å². The highest BCUT2D eigenvalue weighted by atomic mass is 19.4. The van der Waals surface area contributed by atoms with Gasteiger partial charge in [-0.3, -0.25) is 4.98 Å². The molecule has 1 fully saturated rings. The van der Waals surface area contributed by atoms with Gasteiger partial charge in [0.2, 0.25) is 0 Å². The lowest BCUT2D eigenvalue weighted by Gasteiger charge is -2.33. The molecule has 7 nitrogen and oxygen atoms in total. The predicted octanol–water partition coefficient (Wildman–Crippen LogP) is 5.40. The number of halogens is 6. The first kappa shape index (κ1) is 27.8. The number of benzene rings is 1. The first-order valence-corrected chi connectivity index (χ1v) is 12.2. The fourth-order valence-corrected chi connectivity index (χ4v) is 5.38. The molecule has 0 amide bonds. The van der Waals surface area contributed by atoms with Crippen LogP contribution in [-0.4, -0.2) is 31.2 Å². The monoisotopic (exact) mass is 541 g/mol. The van der Waals surface area contributed by atoms with Gasteiger partial charge in [0, 0.05) is 30.7 Å². The number of tetrazole rings is 1. The SMILES string of the molecule is CC(N)CC1(c2ncccc2CN(Cc2cc(C(F)(F)F)cc(C(F)(F)F)c2)c2nnn(C)n2)CCCC1. The third-order valence-corrected chi connectivity index (χ3v) is 6.83. The van der Waals surface area contributed by atoms with Crippen molar-refractivity contribution in [2.75, 3.05) is 4.90 Å². The molecule has 1 saturated carbocycles. The second-order valence-electron chi connectivity index (χ2n) is 10.0. The maximum absolute atomic E-state index is 13.5. The molecule has 0 aliphatic heterocycles. The van der Waals surface area contributed by atoms with Gasteiger partial charge >= 0.3 is 12.4 Å². The lowest BCUT2D eigenvalue weighted by molar-refractivity contribution is -0.143. The zero-order valence-corrected chi connectivity index (χ0v) is 21.0. The summed E-state index contributed by atoms with van der Waals surface area (Å²) in [6.07, 6.45) is -3.68. The van der Waals surface area contributed by atoms with Crippen LogP contribution in [0.4, 0.5) is 32.3 Å². The van der Waals surface area contributed by atoms with Crippen LogP contribution in [0.3, 0.4) is 0 Å². The predicted molar refractivity (Wildman–Crippen MR) is 128 cm³/mol. The Kier molecular flexibility index (Phi) is 7.69. The number of nitrogens with two attached hydrogens (primary N) is 1. The van der Waals surface area contributed by atoms with Gasteiger partial charge in [-0.1, -0.05) is 24.0 Å². The number of anilines is 1. The molecular weight excluding hydrogens is 512 g/mol. The minimum atomic E-state index is -4.95. The van der Waals surface area contributed by atoms with E-state index in [0.29, 0.717) is 6.42 Å². The minimum Gasteiger partial charge on any atom is -0.329 e. The molecule has 0 bridgehead atoms. The lowest BCUT2D eigenvalue weighted by Crippen LogP contribution is -2.34. The fraction of sp³-hybridized carbons (Fsp3) is 0.520. The molecule has 0 saturated heterocycles. The van der Waals surface area contributed by atoms with Gasteiger partial charge < -0.3 is 10.6 Å². The van der Waals surface area contributed by atoms with Crippen LogP contribution in [0.15, 0.2) is 36.5 Å². The Morgan fingerprint density at radius 1 is 1.03 bits per heavy atom. The Morgan fingerprint density at radius 3 is 2.18 bits per heavy atom. The quantitative estimate of drug-likeness (QED) is 0.385. The molecule has 3 aromatic rings. The van der Waals surface area contributed by atoms with Crippen LogP contribution in [0.5, 0.6) is 0 Å². The highest BCUT2D eigenvalue weighted by molar-refractivity contribution is 5.40. The van der Waals surface area contributed by atoms with E-state index in [4.69, 9.17) is 10.7 Å². The van der Waals surface area contributed by atoms with Gasteiger partial charge in [-0.15, -0.1) is 5.10 Å². The van der Waals surface area contributed by atoms with Gasteiger partial charge in [-0.25, -0.2) is 0 Å². The van der Waals surface area contributed by atoms with Crippen molar-refractivity contribution in [3.05, 3.63) is 64.5 Å². The summed E-state index contributed by atoms with van der Waals surface area (Å²) in [5.41, 5.74) is 4.61. The summed E-state index contributed by atoms with van der Waals surface area (Å²) in [5.74, 6) is 0.0703. The van der Waals surface area contributed by atoms with E-state index in [1.165, 1.54) is 16.7 Å². The summed E-state index contributed by atoms with van der Waals surface area (Å²) >= 11 is 0. The number of aryl methyl sites for hydroxylation is 1. The molecule has 1 aromatic carbocycles. The smallest absolute Gasteiger partial charge is 0.329 e. The van der Waals surface area contributed by atoms with Crippen LogP contribution in [0, 0.1) is 0 Å². The van der Waals surface area contributed by atoms with Crippen LogP contribution in [0.25, 0.3) is 0 Å². The van der Waals surface area contributed by atoms with Crippen LogP contribution in [-0.2, 0) is 37.9 Å². The van der Waals surface area contributed by atoms with Crippen molar-refractivity contribution in [3.8, 4) is 0 Å². The zero-order chi connectivity index (χ0) is 27.7. The fourth-order valence-electron chi connectivity index (χ4n) is 5.38. The van der Waals surface area contributed by atoms with Crippen molar-refractivity contribution in [2.45, 2.75) is 75.9 Å². The van der Waals surface area contributed by atoms with Crippen molar-refractivity contribution in [3.63, 3.8) is 0 Å². The molecule has 206 valence electrons. The molecule has 2 N–H and O–H groups in total. The highest BCUT2D eigenvalue weighted by Crippen LogP contribution is 2.45. The van der Waals surface area contributed by atoms with Crippen LogP contribution >= 0.6 is 0 Å². The molecule has 0 spiro atoms. The number of nitrogens with zero attached hydrogens (tertiary/aromatic N) is 6. The van der Waals surface area contributed by atoms with Crippen molar-refractivity contribution in [1.29, 1.82) is 0 Å². The summed E-state index contributed by atoms with van der Waals surface area (Å²) in [5, 5.41) is 12.0. The van der Waals surface area contributed by atoms with E-state index in [9.17, 15) is 26.3 Å². The first-order valence-electron chi connectivity index (χ1n) is 12.2. The van der Waals surface area contributed by atoms with Crippen molar-refractivity contribution < 1.29 is 26.3 Å². The maximum Gasteiger partial charge on any atom is 0.416 e. The van der Waals surface area contributed by atoms with E-state index >= 15 is 0 Å². The van der Waals surface area contributed by atoms with Crippen molar-refractivity contribution in [1.82, 2.24) is 25.2 Å². The standard InChI is InChI=1S/C25H29F6N7/c1-16(32)13-23(7-3-4-8-23)21-18(6-5-9-33-21)15-38(22-34-36-37(2)35-22)14-17-10-19(24(26,27)28)12-20(11-17)25(29,30)31/h5-6,9-12,16H,3-4,7-8,13-15,32H2,1-2H3. The van der Waals surface area contributed by atoms with Gasteiger partial charge in [-0.2, -0.15) is 31.1 Å². The molecule has 1 atom stereocenters. The van der Waals surface area contributed by atoms with E-state index in [1.807, 2.05) is 13.0 Å². The van der Waals surface area contributed by atoms with E-state index in [1.54, 1.807) is 12.3 Å². The lowest BCUT2D eigenvalue weighted by atomic mass is 9.75. The van der Waals surface area contributed by atoms with Crippen molar-refractivity contribution >= 4 is 5.95 Å². The molecule has 4 rings (SSSR count). The van der Waals surface area contributed by atoms with Gasteiger partial charge in [0.15, 0.2) is 0 Å². The van der Waals surface area contributed by atoms with Crippen LogP contribution < -0.4 is 10.6 Å². The van der Waals surface area contributed by atoms with Crippen LogP contribution in [0.2, 0.25) is 0 Å². The Balaban J connectivity index is 1.76. The molecule has 38 heavy (non-hydrogen) atoms. The number of aromatic nitrogens is 5. The molecule has 1 aliphatic carbocycles. The average molecular weight is 542 g/mol. The molecule has 2 heterocycles. The Bertz CT molecular complexity index is 1210. The zero-order valence-electron chi connectivity index (χ0n) is 21.0. The molecule has 2 aromatic heterocycles. The van der Waals surface area contributed by atoms with E-state index in [2.05, 4.69) is 15.4 Å². The minimum absolute atomic E-state index is 0.0703. The number of hydrogen-bond donors (Lipinski definition) is 1. The van der Waals surface area contributed by atoms with Crippen LogP contribution in [0.1, 0.15) is 67.0 Å². The second kappa shape index (κ2) is 10.5. The molecule has 1 unspecified atom stereocenters. The van der Waals surface area contributed by atoms with E-state index < -0.39 is 23.5 Å². The summed E-state index contributed by atoms with van der Waals surface area (Å²) < 4.78 is 80.9. The van der Waals surface area contributed by atoms with Gasteiger partial charge in [0.25, 0.3) is 5.95 Å². The summed E-state index contributed by atoms with van der Waals surface area (Å²) in [4.78, 5) is 7.38.